The molecule has 5 rings (SSSR count). The van der Waals surface area contributed by atoms with Crippen molar-refractivity contribution in [3.63, 3.8) is 0 Å². The topological polar surface area (TPSA) is 147 Å². The van der Waals surface area contributed by atoms with Crippen molar-refractivity contribution < 1.29 is 19.2 Å². The van der Waals surface area contributed by atoms with Crippen molar-refractivity contribution in [2.75, 3.05) is 45.1 Å². The van der Waals surface area contributed by atoms with Gasteiger partial charge in [0.05, 0.1) is 11.9 Å². The molecule has 2 aliphatic rings. The molecule has 1 saturated carbocycles. The maximum absolute atomic E-state index is 13.3. The minimum atomic E-state index is -0.730. The van der Waals surface area contributed by atoms with Crippen molar-refractivity contribution in [3.05, 3.63) is 52.8 Å². The number of carbonyl (C=O) groups excluding carboxylic acids is 4. The number of pyridine rings is 1. The zero-order valence-corrected chi connectivity index (χ0v) is 22.9. The molecular formula is C27H31ClN8O4. The van der Waals surface area contributed by atoms with E-state index < -0.39 is 11.8 Å². The summed E-state index contributed by atoms with van der Waals surface area (Å²) in [6.45, 7) is 2.67. The Labute approximate surface area is 236 Å². The Bertz CT molecular complexity index is 1460. The third kappa shape index (κ3) is 6.40. The van der Waals surface area contributed by atoms with Gasteiger partial charge in [0.1, 0.15) is 24.1 Å². The van der Waals surface area contributed by atoms with Crippen LogP contribution in [0.25, 0.3) is 10.9 Å². The van der Waals surface area contributed by atoms with Crippen molar-refractivity contribution in [1.29, 1.82) is 0 Å². The van der Waals surface area contributed by atoms with E-state index in [1.807, 2.05) is 11.9 Å². The van der Waals surface area contributed by atoms with Gasteiger partial charge < -0.3 is 25.8 Å². The number of anilines is 1. The summed E-state index contributed by atoms with van der Waals surface area (Å²) >= 11 is 5.89. The monoisotopic (exact) mass is 566 g/mol. The van der Waals surface area contributed by atoms with E-state index in [-0.39, 0.29) is 48.2 Å². The van der Waals surface area contributed by atoms with Gasteiger partial charge in [-0.05, 0) is 49.7 Å². The first-order valence-corrected chi connectivity index (χ1v) is 13.5. The average molecular weight is 567 g/mol. The van der Waals surface area contributed by atoms with Crippen LogP contribution in [-0.2, 0) is 27.3 Å². The van der Waals surface area contributed by atoms with E-state index >= 15 is 0 Å². The van der Waals surface area contributed by atoms with E-state index in [4.69, 9.17) is 17.3 Å². The van der Waals surface area contributed by atoms with Crippen molar-refractivity contribution in [1.82, 2.24) is 29.5 Å². The molecule has 1 saturated heterocycles. The molecule has 0 unspecified atom stereocenters. The van der Waals surface area contributed by atoms with Crippen LogP contribution >= 0.6 is 11.6 Å². The molecule has 0 bridgehead atoms. The molecule has 2 aromatic heterocycles. The lowest BCUT2D eigenvalue weighted by Gasteiger charge is -2.32. The molecule has 12 nitrogen and oxygen atoms in total. The van der Waals surface area contributed by atoms with Crippen LogP contribution in [0.3, 0.4) is 0 Å². The highest BCUT2D eigenvalue weighted by Gasteiger charge is 2.34. The Morgan fingerprint density at radius 1 is 1.10 bits per heavy atom. The summed E-state index contributed by atoms with van der Waals surface area (Å²) in [5.41, 5.74) is 6.92. The number of piperazine rings is 1. The Morgan fingerprint density at radius 2 is 1.85 bits per heavy atom. The number of fused-ring (bicyclic) bond motifs is 1. The van der Waals surface area contributed by atoms with Gasteiger partial charge in [0.25, 0.3) is 5.91 Å². The van der Waals surface area contributed by atoms with Crippen LogP contribution in [0.2, 0.25) is 5.15 Å². The number of primary amides is 1. The maximum Gasteiger partial charge on any atom is 0.269 e. The van der Waals surface area contributed by atoms with E-state index in [9.17, 15) is 19.2 Å². The van der Waals surface area contributed by atoms with E-state index in [0.717, 1.165) is 31.5 Å². The first-order valence-electron chi connectivity index (χ1n) is 13.2. The van der Waals surface area contributed by atoms with Gasteiger partial charge in [0.15, 0.2) is 5.69 Å². The zero-order valence-electron chi connectivity index (χ0n) is 22.2. The highest BCUT2D eigenvalue weighted by molar-refractivity contribution is 6.29. The number of nitrogens with two attached hydrogens (primary N) is 1. The predicted octanol–water partition coefficient (Wildman–Crippen LogP) is 1.13. The lowest BCUT2D eigenvalue weighted by molar-refractivity contribution is -0.136. The average Bonchev–Trinajstić information content (AvgIpc) is 3.69. The number of rotatable bonds is 9. The van der Waals surface area contributed by atoms with Crippen molar-refractivity contribution in [3.8, 4) is 0 Å². The van der Waals surface area contributed by atoms with E-state index in [0.29, 0.717) is 29.8 Å². The summed E-state index contributed by atoms with van der Waals surface area (Å²) in [5.74, 6) is -1.13. The Balaban J connectivity index is 1.30. The molecule has 210 valence electrons. The standard InChI is InChI=1S/C27H31ClN8O4/c1-33-9-11-34(12-10-33)24(38)14-17-5-8-20-19(13-17)26(27(29)40)32-36(20)16-25(39)35(18-6-7-18)15-23(37)31-22-4-2-3-21(28)30-22/h2-5,8,13,18H,6-7,9-12,14-16H2,1H3,(H2,29,40)(H,30,31,37). The van der Waals surface area contributed by atoms with Crippen LogP contribution in [0, 0.1) is 0 Å². The summed E-state index contributed by atoms with van der Waals surface area (Å²) in [7, 11) is 2.03. The molecule has 0 atom stereocenters. The van der Waals surface area contributed by atoms with E-state index in [1.54, 1.807) is 36.4 Å². The second-order valence-electron chi connectivity index (χ2n) is 10.2. The van der Waals surface area contributed by atoms with Gasteiger partial charge >= 0.3 is 0 Å². The Morgan fingerprint density at radius 3 is 2.52 bits per heavy atom. The number of nitrogens with zero attached hydrogens (tertiary/aromatic N) is 6. The quantitative estimate of drug-likeness (QED) is 0.369. The molecule has 2 fully saturated rings. The minimum absolute atomic E-state index is 0.0157. The van der Waals surface area contributed by atoms with Gasteiger partial charge in [-0.25, -0.2) is 4.98 Å². The molecular weight excluding hydrogens is 536 g/mol. The van der Waals surface area contributed by atoms with E-state index in [2.05, 4.69) is 20.3 Å². The highest BCUT2D eigenvalue weighted by atomic mass is 35.5. The molecule has 3 aromatic rings. The molecule has 13 heteroatoms. The van der Waals surface area contributed by atoms with Gasteiger partial charge in [-0.3, -0.25) is 23.9 Å². The molecule has 1 aromatic carbocycles. The minimum Gasteiger partial charge on any atom is -0.364 e. The number of halogens is 1. The number of nitrogens with one attached hydrogen (secondary N) is 1. The molecule has 1 aliphatic heterocycles. The van der Waals surface area contributed by atoms with Crippen molar-refractivity contribution in [2.24, 2.45) is 5.73 Å². The van der Waals surface area contributed by atoms with Crippen LogP contribution in [0.1, 0.15) is 28.9 Å². The van der Waals surface area contributed by atoms with Crippen LogP contribution in [0.5, 0.6) is 0 Å². The number of hydrogen-bond donors (Lipinski definition) is 2. The fourth-order valence-electron chi connectivity index (χ4n) is 4.82. The lowest BCUT2D eigenvalue weighted by Crippen LogP contribution is -2.47. The second-order valence-corrected chi connectivity index (χ2v) is 10.6. The summed E-state index contributed by atoms with van der Waals surface area (Å²) in [6.07, 6.45) is 1.78. The number of hydrogen-bond acceptors (Lipinski definition) is 7. The third-order valence-corrected chi connectivity index (χ3v) is 7.36. The lowest BCUT2D eigenvalue weighted by atomic mass is 10.1. The Hall–Kier alpha value is -4.03. The van der Waals surface area contributed by atoms with Gasteiger partial charge in [-0.2, -0.15) is 5.10 Å². The summed E-state index contributed by atoms with van der Waals surface area (Å²) < 4.78 is 1.43. The fourth-order valence-corrected chi connectivity index (χ4v) is 4.99. The van der Waals surface area contributed by atoms with Gasteiger partial charge in [-0.15, -0.1) is 0 Å². The molecule has 4 amide bonds. The Kier molecular flexibility index (Phi) is 7.99. The second kappa shape index (κ2) is 11.6. The predicted molar refractivity (Wildman–Crippen MR) is 149 cm³/mol. The normalized spacial score (nSPS) is 15.7. The zero-order chi connectivity index (χ0) is 28.4. The molecule has 0 radical (unpaired) electrons. The highest BCUT2D eigenvalue weighted by Crippen LogP contribution is 2.28. The van der Waals surface area contributed by atoms with Crippen molar-refractivity contribution >= 4 is 52.0 Å². The first kappa shape index (κ1) is 27.5. The van der Waals surface area contributed by atoms with Crippen LogP contribution in [-0.4, -0.2) is 98.9 Å². The number of aromatic nitrogens is 3. The van der Waals surface area contributed by atoms with Crippen LogP contribution in [0.15, 0.2) is 36.4 Å². The fraction of sp³-hybridized carbons (Fsp3) is 0.407. The van der Waals surface area contributed by atoms with Crippen molar-refractivity contribution in [2.45, 2.75) is 31.8 Å². The maximum atomic E-state index is 13.3. The number of benzene rings is 1. The molecule has 1 aliphatic carbocycles. The SMILES string of the molecule is CN1CCN(C(=O)Cc2ccc3c(c2)c(C(N)=O)nn3CC(=O)N(CC(=O)Nc2cccc(Cl)n2)C2CC2)CC1. The number of likely N-dealkylation sites (N-methyl/N-ethyl adjacent to an activating group) is 1. The van der Waals surface area contributed by atoms with Crippen LogP contribution in [0.4, 0.5) is 5.82 Å². The molecule has 3 N–H and O–H groups in total. The first-order chi connectivity index (χ1) is 19.2. The number of amides is 4. The molecule has 40 heavy (non-hydrogen) atoms. The number of carbonyl (C=O) groups is 4. The molecule has 0 spiro atoms. The van der Waals surface area contributed by atoms with Gasteiger partial charge in [0.2, 0.25) is 17.7 Å². The summed E-state index contributed by atoms with van der Waals surface area (Å²) in [4.78, 5) is 60.7. The third-order valence-electron chi connectivity index (χ3n) is 7.15. The smallest absolute Gasteiger partial charge is 0.269 e. The van der Waals surface area contributed by atoms with E-state index in [1.165, 1.54) is 9.58 Å². The van der Waals surface area contributed by atoms with Gasteiger partial charge in [-0.1, -0.05) is 23.7 Å². The van der Waals surface area contributed by atoms with Crippen LogP contribution < -0.4 is 11.1 Å². The summed E-state index contributed by atoms with van der Waals surface area (Å²) in [5, 5.41) is 7.72. The van der Waals surface area contributed by atoms with Gasteiger partial charge in [0, 0.05) is 37.6 Å². The summed E-state index contributed by atoms with van der Waals surface area (Å²) in [6, 6.07) is 10.1. The largest absolute Gasteiger partial charge is 0.364 e. The molecule has 3 heterocycles.